The first-order chi connectivity index (χ1) is 12.5. The van der Waals surface area contributed by atoms with Crippen molar-refractivity contribution in [2.75, 3.05) is 44.2 Å². The molecule has 1 unspecified atom stereocenters. The average molecular weight is 358 g/mol. The third kappa shape index (κ3) is 4.96. The topological polar surface area (TPSA) is 35.9 Å². The maximum Gasteiger partial charge on any atom is 0.123 e. The average Bonchev–Trinajstić information content (AvgIpc) is 2.64. The third-order valence-corrected chi connectivity index (χ3v) is 4.81. The number of aliphatic hydroxyl groups excluding tert-OH is 1. The zero-order valence-corrected chi connectivity index (χ0v) is 15.5. The summed E-state index contributed by atoms with van der Waals surface area (Å²) in [6.45, 7) is 8.42. The number of aliphatic hydroxyl groups is 1. The lowest BCUT2D eigenvalue weighted by molar-refractivity contribution is 0.0660. The van der Waals surface area contributed by atoms with Gasteiger partial charge in [-0.2, -0.15) is 0 Å². The van der Waals surface area contributed by atoms with Crippen LogP contribution in [0.3, 0.4) is 0 Å². The Morgan fingerprint density at radius 1 is 1.04 bits per heavy atom. The minimum atomic E-state index is -0.521. The van der Waals surface area contributed by atoms with E-state index in [-0.39, 0.29) is 5.82 Å². The van der Waals surface area contributed by atoms with Crippen molar-refractivity contribution in [3.8, 4) is 5.75 Å². The van der Waals surface area contributed by atoms with Crippen LogP contribution in [0.4, 0.5) is 10.1 Å². The van der Waals surface area contributed by atoms with Crippen LogP contribution in [0.1, 0.15) is 11.1 Å². The van der Waals surface area contributed by atoms with Gasteiger partial charge in [-0.3, -0.25) is 4.90 Å². The Kier molecular flexibility index (Phi) is 6.12. The zero-order chi connectivity index (χ0) is 18.5. The van der Waals surface area contributed by atoms with Crippen molar-refractivity contribution in [1.29, 1.82) is 0 Å². The molecule has 2 aromatic rings. The van der Waals surface area contributed by atoms with Crippen LogP contribution >= 0.6 is 0 Å². The van der Waals surface area contributed by atoms with Crippen LogP contribution in [0.5, 0.6) is 5.75 Å². The van der Waals surface area contributed by atoms with Crippen LogP contribution in [-0.4, -0.2) is 55.4 Å². The second-order valence-corrected chi connectivity index (χ2v) is 7.00. The molecule has 0 bridgehead atoms. The molecule has 140 valence electrons. The molecule has 4 nitrogen and oxygen atoms in total. The summed E-state index contributed by atoms with van der Waals surface area (Å²) in [5.74, 6) is 0.629. The molecule has 1 atom stereocenters. The maximum absolute atomic E-state index is 13.0. The lowest BCUT2D eigenvalue weighted by Crippen LogP contribution is -2.49. The number of ether oxygens (including phenoxy) is 1. The lowest BCUT2D eigenvalue weighted by atomic mass is 10.1. The molecule has 0 radical (unpaired) electrons. The zero-order valence-electron chi connectivity index (χ0n) is 15.5. The van der Waals surface area contributed by atoms with Crippen LogP contribution in [0.25, 0.3) is 0 Å². The number of hydrogen-bond acceptors (Lipinski definition) is 4. The van der Waals surface area contributed by atoms with E-state index in [9.17, 15) is 9.50 Å². The van der Waals surface area contributed by atoms with Crippen molar-refractivity contribution in [3.63, 3.8) is 0 Å². The number of rotatable bonds is 6. The fourth-order valence-electron chi connectivity index (χ4n) is 3.24. The van der Waals surface area contributed by atoms with Gasteiger partial charge in [-0.1, -0.05) is 12.1 Å². The summed E-state index contributed by atoms with van der Waals surface area (Å²) in [5, 5.41) is 10.3. The number of halogens is 1. The largest absolute Gasteiger partial charge is 0.491 e. The number of aryl methyl sites for hydroxylation is 2. The van der Waals surface area contributed by atoms with Gasteiger partial charge in [-0.15, -0.1) is 0 Å². The Morgan fingerprint density at radius 2 is 1.73 bits per heavy atom. The first kappa shape index (κ1) is 18.7. The van der Waals surface area contributed by atoms with Gasteiger partial charge in [0.25, 0.3) is 0 Å². The Hall–Kier alpha value is -2.11. The standard InChI is InChI=1S/C21H27FN2O2/c1-16-3-4-17(2)21(13-16)26-15-20(25)14-23-9-11-24(12-10-23)19-7-5-18(22)6-8-19/h3-8,13,20,25H,9-12,14-15H2,1-2H3. The number of β-amino-alcohol motifs (C(OH)–C–C–N with tert-alkyl or cyclic N) is 1. The second kappa shape index (κ2) is 8.52. The molecule has 5 heteroatoms. The summed E-state index contributed by atoms with van der Waals surface area (Å²) in [7, 11) is 0. The van der Waals surface area contributed by atoms with Gasteiger partial charge in [0.05, 0.1) is 0 Å². The van der Waals surface area contributed by atoms with E-state index in [2.05, 4.69) is 15.9 Å². The molecule has 0 spiro atoms. The summed E-state index contributed by atoms with van der Waals surface area (Å²) in [4.78, 5) is 4.49. The van der Waals surface area contributed by atoms with Gasteiger partial charge >= 0.3 is 0 Å². The van der Waals surface area contributed by atoms with E-state index in [0.29, 0.717) is 13.2 Å². The van der Waals surface area contributed by atoms with Crippen molar-refractivity contribution in [2.45, 2.75) is 20.0 Å². The summed E-state index contributed by atoms with van der Waals surface area (Å²) in [6, 6.07) is 12.7. The number of benzene rings is 2. The molecule has 0 amide bonds. The Labute approximate surface area is 154 Å². The molecule has 1 fully saturated rings. The smallest absolute Gasteiger partial charge is 0.123 e. The van der Waals surface area contributed by atoms with Crippen LogP contribution < -0.4 is 9.64 Å². The summed E-state index contributed by atoms with van der Waals surface area (Å²) < 4.78 is 18.8. The van der Waals surface area contributed by atoms with E-state index in [1.54, 1.807) is 0 Å². The van der Waals surface area contributed by atoms with Crippen molar-refractivity contribution in [2.24, 2.45) is 0 Å². The minimum Gasteiger partial charge on any atom is -0.491 e. The predicted octanol–water partition coefficient (Wildman–Crippen LogP) is 3.00. The molecule has 2 aromatic carbocycles. The number of piperazine rings is 1. The van der Waals surface area contributed by atoms with E-state index in [4.69, 9.17) is 4.74 Å². The van der Waals surface area contributed by atoms with Gasteiger partial charge in [0.15, 0.2) is 0 Å². The third-order valence-electron chi connectivity index (χ3n) is 4.81. The first-order valence-electron chi connectivity index (χ1n) is 9.12. The SMILES string of the molecule is Cc1ccc(C)c(OCC(O)CN2CCN(c3ccc(F)cc3)CC2)c1. The molecule has 0 saturated carbocycles. The number of nitrogens with zero attached hydrogens (tertiary/aromatic N) is 2. The molecular formula is C21H27FN2O2. The van der Waals surface area contributed by atoms with Crippen LogP contribution in [0.15, 0.2) is 42.5 Å². The van der Waals surface area contributed by atoms with Crippen molar-refractivity contribution in [1.82, 2.24) is 4.90 Å². The van der Waals surface area contributed by atoms with Crippen LogP contribution in [0, 0.1) is 19.7 Å². The van der Waals surface area contributed by atoms with Gasteiger partial charge in [-0.05, 0) is 55.3 Å². The van der Waals surface area contributed by atoms with E-state index >= 15 is 0 Å². The lowest BCUT2D eigenvalue weighted by Gasteiger charge is -2.36. The Bertz CT molecular complexity index is 712. The molecule has 1 N–H and O–H groups in total. The van der Waals surface area contributed by atoms with Gasteiger partial charge < -0.3 is 14.7 Å². The quantitative estimate of drug-likeness (QED) is 0.861. The normalized spacial score (nSPS) is 16.5. The van der Waals surface area contributed by atoms with Gasteiger partial charge in [0.1, 0.15) is 24.3 Å². The highest BCUT2D eigenvalue weighted by Gasteiger charge is 2.20. The summed E-state index contributed by atoms with van der Waals surface area (Å²) >= 11 is 0. The fraction of sp³-hybridized carbons (Fsp3) is 0.429. The maximum atomic E-state index is 13.0. The van der Waals surface area contributed by atoms with Gasteiger partial charge in [0.2, 0.25) is 0 Å². The second-order valence-electron chi connectivity index (χ2n) is 7.00. The predicted molar refractivity (Wildman–Crippen MR) is 102 cm³/mol. The van der Waals surface area contributed by atoms with E-state index in [0.717, 1.165) is 48.7 Å². The Balaban J connectivity index is 1.43. The fourth-order valence-corrected chi connectivity index (χ4v) is 3.24. The monoisotopic (exact) mass is 358 g/mol. The molecular weight excluding hydrogens is 331 g/mol. The molecule has 1 saturated heterocycles. The van der Waals surface area contributed by atoms with E-state index < -0.39 is 6.10 Å². The van der Waals surface area contributed by atoms with Crippen molar-refractivity contribution < 1.29 is 14.2 Å². The highest BCUT2D eigenvalue weighted by Crippen LogP contribution is 2.20. The first-order valence-corrected chi connectivity index (χ1v) is 9.12. The summed E-state index contributed by atoms with van der Waals surface area (Å²) in [6.07, 6.45) is -0.521. The van der Waals surface area contributed by atoms with Gasteiger partial charge in [-0.25, -0.2) is 4.39 Å². The minimum absolute atomic E-state index is 0.209. The van der Waals surface area contributed by atoms with E-state index in [1.165, 1.54) is 12.1 Å². The van der Waals surface area contributed by atoms with Gasteiger partial charge in [0, 0.05) is 38.4 Å². The Morgan fingerprint density at radius 3 is 2.42 bits per heavy atom. The van der Waals surface area contributed by atoms with E-state index in [1.807, 2.05) is 38.1 Å². The highest BCUT2D eigenvalue weighted by atomic mass is 19.1. The summed E-state index contributed by atoms with van der Waals surface area (Å²) in [5.41, 5.74) is 3.28. The molecule has 1 heterocycles. The molecule has 1 aliphatic rings. The van der Waals surface area contributed by atoms with Crippen LogP contribution in [-0.2, 0) is 0 Å². The molecule has 1 aliphatic heterocycles. The molecule has 0 aromatic heterocycles. The van der Waals surface area contributed by atoms with Crippen molar-refractivity contribution in [3.05, 3.63) is 59.4 Å². The number of anilines is 1. The van der Waals surface area contributed by atoms with Crippen molar-refractivity contribution >= 4 is 5.69 Å². The molecule has 0 aliphatic carbocycles. The highest BCUT2D eigenvalue weighted by molar-refractivity contribution is 5.46. The molecule has 3 rings (SSSR count). The number of hydrogen-bond donors (Lipinski definition) is 1. The van der Waals surface area contributed by atoms with Crippen LogP contribution in [0.2, 0.25) is 0 Å². The molecule has 26 heavy (non-hydrogen) atoms.